The standard InChI is InChI=1S/C23H29ClFN3O4S/c1-27(2)33(30,31)19-8-6-18(7-9-19)32-15-12-26-23(29)17-10-13-28(14-11-17)16-20-21(24)4-3-5-22(20)25/h3-9,17H,10-16H2,1-2H3,(H,26,29). The van der Waals surface area contributed by atoms with Crippen molar-refractivity contribution in [2.75, 3.05) is 40.3 Å². The monoisotopic (exact) mass is 497 g/mol. The van der Waals surface area contributed by atoms with E-state index in [9.17, 15) is 17.6 Å². The van der Waals surface area contributed by atoms with Crippen LogP contribution in [0.15, 0.2) is 47.4 Å². The first-order chi connectivity index (χ1) is 15.7. The zero-order chi connectivity index (χ0) is 24.0. The van der Waals surface area contributed by atoms with Gasteiger partial charge < -0.3 is 10.1 Å². The summed E-state index contributed by atoms with van der Waals surface area (Å²) in [5.74, 6) is 0.112. The summed E-state index contributed by atoms with van der Waals surface area (Å²) in [6.07, 6.45) is 1.39. The quantitative estimate of drug-likeness (QED) is 0.538. The lowest BCUT2D eigenvalue weighted by atomic mass is 9.95. The fraction of sp³-hybridized carbons (Fsp3) is 0.435. The predicted octanol–water partition coefficient (Wildman–Crippen LogP) is 3.14. The molecule has 1 amide bonds. The first-order valence-electron chi connectivity index (χ1n) is 10.8. The van der Waals surface area contributed by atoms with E-state index in [0.717, 1.165) is 4.31 Å². The number of likely N-dealkylation sites (tertiary alicyclic amines) is 1. The van der Waals surface area contributed by atoms with Crippen molar-refractivity contribution in [3.63, 3.8) is 0 Å². The molecule has 0 bridgehead atoms. The maximum absolute atomic E-state index is 14.0. The molecule has 1 saturated heterocycles. The number of piperidine rings is 1. The molecule has 33 heavy (non-hydrogen) atoms. The highest BCUT2D eigenvalue weighted by atomic mass is 35.5. The third kappa shape index (κ3) is 6.66. The molecule has 0 aliphatic carbocycles. The second-order valence-corrected chi connectivity index (χ2v) is 10.7. The summed E-state index contributed by atoms with van der Waals surface area (Å²) in [5.41, 5.74) is 0.492. The molecule has 180 valence electrons. The molecule has 1 N–H and O–H groups in total. The average Bonchev–Trinajstić information content (AvgIpc) is 2.80. The van der Waals surface area contributed by atoms with E-state index in [-0.39, 0.29) is 29.1 Å². The number of amides is 1. The summed E-state index contributed by atoms with van der Waals surface area (Å²) < 4.78 is 44.9. The number of nitrogens with zero attached hydrogens (tertiary/aromatic N) is 2. The van der Waals surface area contributed by atoms with Gasteiger partial charge in [0, 0.05) is 37.1 Å². The molecule has 3 rings (SSSR count). The molecule has 2 aromatic carbocycles. The number of halogens is 2. The Kier molecular flexibility index (Phi) is 8.69. The van der Waals surface area contributed by atoms with Crippen molar-refractivity contribution in [1.29, 1.82) is 0 Å². The Bertz CT molecular complexity index is 1040. The number of hydrogen-bond acceptors (Lipinski definition) is 5. The van der Waals surface area contributed by atoms with Gasteiger partial charge in [-0.15, -0.1) is 0 Å². The van der Waals surface area contributed by atoms with Crippen molar-refractivity contribution in [3.8, 4) is 5.75 Å². The summed E-state index contributed by atoms with van der Waals surface area (Å²) >= 11 is 6.11. The maximum Gasteiger partial charge on any atom is 0.242 e. The van der Waals surface area contributed by atoms with Crippen LogP contribution in [0.5, 0.6) is 5.75 Å². The fourth-order valence-corrected chi connectivity index (χ4v) is 4.79. The highest BCUT2D eigenvalue weighted by Crippen LogP contribution is 2.24. The van der Waals surface area contributed by atoms with Gasteiger partial charge in [-0.25, -0.2) is 17.1 Å². The third-order valence-corrected chi connectivity index (χ3v) is 7.86. The Hall–Kier alpha value is -2.20. The van der Waals surface area contributed by atoms with E-state index in [2.05, 4.69) is 10.2 Å². The number of carbonyl (C=O) groups excluding carboxylic acids is 1. The number of carbonyl (C=O) groups is 1. The van der Waals surface area contributed by atoms with E-state index in [0.29, 0.717) is 55.4 Å². The van der Waals surface area contributed by atoms with Crippen molar-refractivity contribution in [1.82, 2.24) is 14.5 Å². The molecule has 0 radical (unpaired) electrons. The Labute approximate surface area is 199 Å². The van der Waals surface area contributed by atoms with E-state index >= 15 is 0 Å². The van der Waals surface area contributed by atoms with E-state index in [1.807, 2.05) is 0 Å². The van der Waals surface area contributed by atoms with Gasteiger partial charge in [0.1, 0.15) is 18.2 Å². The Balaban J connectivity index is 1.38. The lowest BCUT2D eigenvalue weighted by molar-refractivity contribution is -0.126. The number of benzene rings is 2. The van der Waals surface area contributed by atoms with Gasteiger partial charge >= 0.3 is 0 Å². The molecular formula is C23H29ClFN3O4S. The number of nitrogens with one attached hydrogen (secondary N) is 1. The zero-order valence-electron chi connectivity index (χ0n) is 18.8. The molecule has 1 aliphatic rings. The molecule has 0 atom stereocenters. The van der Waals surface area contributed by atoms with E-state index < -0.39 is 10.0 Å². The van der Waals surface area contributed by atoms with Gasteiger partial charge in [-0.1, -0.05) is 17.7 Å². The number of ether oxygens (including phenoxy) is 1. The van der Waals surface area contributed by atoms with Crippen LogP contribution in [0.1, 0.15) is 18.4 Å². The number of sulfonamides is 1. The van der Waals surface area contributed by atoms with Gasteiger partial charge in [0.2, 0.25) is 15.9 Å². The summed E-state index contributed by atoms with van der Waals surface area (Å²) in [6, 6.07) is 10.8. The smallest absolute Gasteiger partial charge is 0.242 e. The van der Waals surface area contributed by atoms with Gasteiger partial charge in [-0.3, -0.25) is 9.69 Å². The van der Waals surface area contributed by atoms with Crippen LogP contribution in [0.25, 0.3) is 0 Å². The highest BCUT2D eigenvalue weighted by Gasteiger charge is 2.25. The summed E-state index contributed by atoms with van der Waals surface area (Å²) in [5, 5.41) is 3.31. The van der Waals surface area contributed by atoms with Crippen LogP contribution in [0.3, 0.4) is 0 Å². The van der Waals surface area contributed by atoms with Crippen LogP contribution >= 0.6 is 11.6 Å². The topological polar surface area (TPSA) is 79.0 Å². The summed E-state index contributed by atoms with van der Waals surface area (Å²) in [4.78, 5) is 14.8. The molecule has 0 saturated carbocycles. The Morgan fingerprint density at radius 1 is 1.18 bits per heavy atom. The van der Waals surface area contributed by atoms with Gasteiger partial charge in [-0.05, 0) is 62.3 Å². The van der Waals surface area contributed by atoms with Crippen LogP contribution in [-0.4, -0.2) is 63.9 Å². The minimum absolute atomic E-state index is 0.0189. The Morgan fingerprint density at radius 2 is 1.85 bits per heavy atom. The van der Waals surface area contributed by atoms with Crippen molar-refractivity contribution >= 4 is 27.5 Å². The van der Waals surface area contributed by atoms with Gasteiger partial charge in [0.15, 0.2) is 0 Å². The molecule has 1 fully saturated rings. The molecule has 10 heteroatoms. The zero-order valence-corrected chi connectivity index (χ0v) is 20.3. The van der Waals surface area contributed by atoms with Crippen molar-refractivity contribution in [2.24, 2.45) is 5.92 Å². The largest absolute Gasteiger partial charge is 0.492 e. The van der Waals surface area contributed by atoms with Crippen molar-refractivity contribution in [3.05, 3.63) is 58.9 Å². The Morgan fingerprint density at radius 3 is 2.45 bits per heavy atom. The first kappa shape index (κ1) is 25.4. The molecule has 1 aliphatic heterocycles. The van der Waals surface area contributed by atoms with Gasteiger partial charge in [0.05, 0.1) is 11.4 Å². The fourth-order valence-electron chi connectivity index (χ4n) is 3.67. The van der Waals surface area contributed by atoms with Gasteiger partial charge in [-0.2, -0.15) is 0 Å². The lowest BCUT2D eigenvalue weighted by Crippen LogP contribution is -2.41. The summed E-state index contributed by atoms with van der Waals surface area (Å²) in [7, 11) is -0.522. The van der Waals surface area contributed by atoms with Gasteiger partial charge in [0.25, 0.3) is 0 Å². The number of rotatable bonds is 9. The first-order valence-corrected chi connectivity index (χ1v) is 12.6. The molecule has 0 spiro atoms. The van der Waals surface area contributed by atoms with Crippen LogP contribution in [0.4, 0.5) is 4.39 Å². The number of hydrogen-bond donors (Lipinski definition) is 1. The average molecular weight is 498 g/mol. The van der Waals surface area contributed by atoms with Crippen LogP contribution in [0.2, 0.25) is 5.02 Å². The van der Waals surface area contributed by atoms with Crippen LogP contribution in [-0.2, 0) is 21.4 Å². The van der Waals surface area contributed by atoms with Crippen LogP contribution < -0.4 is 10.1 Å². The second-order valence-electron chi connectivity index (χ2n) is 8.15. The van der Waals surface area contributed by atoms with E-state index in [4.69, 9.17) is 16.3 Å². The molecule has 0 aromatic heterocycles. The van der Waals surface area contributed by atoms with E-state index in [1.54, 1.807) is 24.3 Å². The molecular weight excluding hydrogens is 469 g/mol. The molecule has 1 heterocycles. The minimum Gasteiger partial charge on any atom is -0.492 e. The third-order valence-electron chi connectivity index (χ3n) is 5.67. The second kappa shape index (κ2) is 11.3. The predicted molar refractivity (Wildman–Crippen MR) is 125 cm³/mol. The highest BCUT2D eigenvalue weighted by molar-refractivity contribution is 7.89. The molecule has 2 aromatic rings. The maximum atomic E-state index is 14.0. The van der Waals surface area contributed by atoms with Crippen LogP contribution in [0, 0.1) is 11.7 Å². The summed E-state index contributed by atoms with van der Waals surface area (Å²) in [6.45, 7) is 2.45. The molecule has 7 nitrogen and oxygen atoms in total. The normalized spacial score (nSPS) is 15.5. The van der Waals surface area contributed by atoms with Crippen molar-refractivity contribution < 1.29 is 22.3 Å². The van der Waals surface area contributed by atoms with Crippen molar-refractivity contribution in [2.45, 2.75) is 24.3 Å². The minimum atomic E-state index is -3.48. The lowest BCUT2D eigenvalue weighted by Gasteiger charge is -2.31. The van der Waals surface area contributed by atoms with E-state index in [1.165, 1.54) is 32.3 Å². The molecule has 0 unspecified atom stereocenters. The SMILES string of the molecule is CN(C)S(=O)(=O)c1ccc(OCCNC(=O)C2CCN(Cc3c(F)cccc3Cl)CC2)cc1.